The van der Waals surface area contributed by atoms with Crippen molar-refractivity contribution in [3.63, 3.8) is 0 Å². The molecule has 5 nitrogen and oxygen atoms in total. The third-order valence-electron chi connectivity index (χ3n) is 5.16. The minimum Gasteiger partial charge on any atom is -0.486 e. The van der Waals surface area contributed by atoms with Crippen LogP contribution >= 0.6 is 0 Å². The Labute approximate surface area is 143 Å². The number of nitrogens with zero attached hydrogens (tertiary/aromatic N) is 1. The lowest BCUT2D eigenvalue weighted by molar-refractivity contribution is -0.0204. The SMILES string of the molecule is c1ccc2c(c1)OCC(CN1CCC(OCC3CCOC3)CC1)O2. The lowest BCUT2D eigenvalue weighted by atomic mass is 10.1. The van der Waals surface area contributed by atoms with Gasteiger partial charge in [-0.25, -0.2) is 0 Å². The Morgan fingerprint density at radius 3 is 2.67 bits per heavy atom. The summed E-state index contributed by atoms with van der Waals surface area (Å²) in [6.07, 6.45) is 3.90. The molecule has 2 saturated heterocycles. The van der Waals surface area contributed by atoms with Crippen LogP contribution in [0.25, 0.3) is 0 Å². The van der Waals surface area contributed by atoms with Crippen LogP contribution < -0.4 is 9.47 Å². The fraction of sp³-hybridized carbons (Fsp3) is 0.684. The first kappa shape index (κ1) is 16.2. The monoisotopic (exact) mass is 333 g/mol. The Balaban J connectivity index is 1.18. The first-order valence-electron chi connectivity index (χ1n) is 9.17. The Hall–Kier alpha value is -1.30. The van der Waals surface area contributed by atoms with Crippen LogP contribution in [-0.2, 0) is 9.47 Å². The smallest absolute Gasteiger partial charge is 0.161 e. The van der Waals surface area contributed by atoms with Gasteiger partial charge in [0.2, 0.25) is 0 Å². The molecule has 132 valence electrons. The van der Waals surface area contributed by atoms with Gasteiger partial charge in [0, 0.05) is 32.2 Å². The highest BCUT2D eigenvalue weighted by molar-refractivity contribution is 5.40. The van der Waals surface area contributed by atoms with E-state index in [4.69, 9.17) is 18.9 Å². The minimum atomic E-state index is 0.119. The maximum atomic E-state index is 6.09. The number of ether oxygens (including phenoxy) is 4. The van der Waals surface area contributed by atoms with Crippen molar-refractivity contribution in [1.29, 1.82) is 0 Å². The van der Waals surface area contributed by atoms with Crippen molar-refractivity contribution >= 4 is 0 Å². The van der Waals surface area contributed by atoms with Crippen molar-refractivity contribution in [3.8, 4) is 11.5 Å². The number of benzene rings is 1. The molecule has 0 amide bonds. The summed E-state index contributed by atoms with van der Waals surface area (Å²) in [5.74, 6) is 2.33. The summed E-state index contributed by atoms with van der Waals surface area (Å²) < 4.78 is 23.4. The molecule has 0 aliphatic carbocycles. The molecule has 0 spiro atoms. The van der Waals surface area contributed by atoms with Gasteiger partial charge >= 0.3 is 0 Å². The average molecular weight is 333 g/mol. The third kappa shape index (κ3) is 4.02. The Morgan fingerprint density at radius 2 is 1.88 bits per heavy atom. The van der Waals surface area contributed by atoms with E-state index in [9.17, 15) is 0 Å². The van der Waals surface area contributed by atoms with E-state index in [1.807, 2.05) is 24.3 Å². The average Bonchev–Trinajstić information content (AvgIpc) is 3.15. The molecule has 3 aliphatic heterocycles. The van der Waals surface area contributed by atoms with Crippen molar-refractivity contribution in [3.05, 3.63) is 24.3 Å². The molecule has 5 heteroatoms. The van der Waals surface area contributed by atoms with Crippen LogP contribution in [0.5, 0.6) is 11.5 Å². The maximum Gasteiger partial charge on any atom is 0.161 e. The molecule has 1 aromatic rings. The zero-order chi connectivity index (χ0) is 16.2. The zero-order valence-electron chi connectivity index (χ0n) is 14.2. The molecule has 0 radical (unpaired) electrons. The van der Waals surface area contributed by atoms with E-state index in [0.717, 1.165) is 70.2 Å². The lowest BCUT2D eigenvalue weighted by Crippen LogP contribution is -2.45. The summed E-state index contributed by atoms with van der Waals surface area (Å²) in [5.41, 5.74) is 0. The molecular weight excluding hydrogens is 306 g/mol. The van der Waals surface area contributed by atoms with Crippen LogP contribution in [0.2, 0.25) is 0 Å². The van der Waals surface area contributed by atoms with Crippen molar-refractivity contribution in [2.75, 3.05) is 46.1 Å². The summed E-state index contributed by atoms with van der Waals surface area (Å²) in [6.45, 7) is 6.35. The van der Waals surface area contributed by atoms with Crippen molar-refractivity contribution in [2.24, 2.45) is 5.92 Å². The van der Waals surface area contributed by atoms with Gasteiger partial charge in [-0.05, 0) is 31.4 Å². The van der Waals surface area contributed by atoms with Crippen LogP contribution in [0.1, 0.15) is 19.3 Å². The van der Waals surface area contributed by atoms with E-state index in [0.29, 0.717) is 18.6 Å². The van der Waals surface area contributed by atoms with Crippen molar-refractivity contribution in [1.82, 2.24) is 4.90 Å². The number of piperidine rings is 1. The van der Waals surface area contributed by atoms with Gasteiger partial charge in [0.05, 0.1) is 19.3 Å². The highest BCUT2D eigenvalue weighted by atomic mass is 16.6. The molecule has 24 heavy (non-hydrogen) atoms. The summed E-state index contributed by atoms with van der Waals surface area (Å²) in [7, 11) is 0. The molecule has 0 bridgehead atoms. The van der Waals surface area contributed by atoms with E-state index in [2.05, 4.69) is 4.90 Å². The van der Waals surface area contributed by atoms with E-state index in [1.165, 1.54) is 0 Å². The topological polar surface area (TPSA) is 40.2 Å². The van der Waals surface area contributed by atoms with Crippen molar-refractivity contribution in [2.45, 2.75) is 31.5 Å². The van der Waals surface area contributed by atoms with E-state index in [1.54, 1.807) is 0 Å². The predicted octanol–water partition coefficient (Wildman–Crippen LogP) is 2.34. The molecule has 0 N–H and O–H groups in total. The van der Waals surface area contributed by atoms with E-state index < -0.39 is 0 Å². The molecule has 2 unspecified atom stereocenters. The van der Waals surface area contributed by atoms with Gasteiger partial charge in [0.15, 0.2) is 11.5 Å². The first-order chi connectivity index (χ1) is 11.9. The maximum absolute atomic E-state index is 6.09. The van der Waals surface area contributed by atoms with Gasteiger partial charge in [0.25, 0.3) is 0 Å². The second-order valence-corrected chi connectivity index (χ2v) is 7.06. The van der Waals surface area contributed by atoms with Gasteiger partial charge in [-0.2, -0.15) is 0 Å². The van der Waals surface area contributed by atoms with Gasteiger partial charge < -0.3 is 18.9 Å². The second kappa shape index (κ2) is 7.72. The van der Waals surface area contributed by atoms with E-state index >= 15 is 0 Å². The third-order valence-corrected chi connectivity index (χ3v) is 5.16. The highest BCUT2D eigenvalue weighted by Crippen LogP contribution is 2.31. The molecular formula is C19H27NO4. The predicted molar refractivity (Wildman–Crippen MR) is 90.7 cm³/mol. The number of rotatable bonds is 5. The van der Waals surface area contributed by atoms with Crippen LogP contribution in [0.15, 0.2) is 24.3 Å². The van der Waals surface area contributed by atoms with Crippen LogP contribution in [0.3, 0.4) is 0 Å². The Morgan fingerprint density at radius 1 is 1.04 bits per heavy atom. The largest absolute Gasteiger partial charge is 0.486 e. The minimum absolute atomic E-state index is 0.119. The number of hydrogen-bond acceptors (Lipinski definition) is 5. The Bertz CT molecular complexity index is 524. The normalized spacial score (nSPS) is 28.2. The van der Waals surface area contributed by atoms with Crippen molar-refractivity contribution < 1.29 is 18.9 Å². The molecule has 1 aromatic carbocycles. The van der Waals surface area contributed by atoms with Crippen LogP contribution in [0, 0.1) is 5.92 Å². The molecule has 4 rings (SSSR count). The number of para-hydroxylation sites is 2. The number of hydrogen-bond donors (Lipinski definition) is 0. The fourth-order valence-electron chi connectivity index (χ4n) is 3.69. The summed E-state index contributed by atoms with van der Waals surface area (Å²) in [5, 5.41) is 0. The van der Waals surface area contributed by atoms with Crippen LogP contribution in [0.4, 0.5) is 0 Å². The number of likely N-dealkylation sites (tertiary alicyclic amines) is 1. The van der Waals surface area contributed by atoms with Gasteiger partial charge in [-0.15, -0.1) is 0 Å². The zero-order valence-corrected chi connectivity index (χ0v) is 14.2. The molecule has 2 fully saturated rings. The van der Waals surface area contributed by atoms with E-state index in [-0.39, 0.29) is 6.10 Å². The van der Waals surface area contributed by atoms with Gasteiger partial charge in [-0.1, -0.05) is 12.1 Å². The summed E-state index contributed by atoms with van der Waals surface area (Å²) >= 11 is 0. The molecule has 2 atom stereocenters. The molecule has 0 aromatic heterocycles. The first-order valence-corrected chi connectivity index (χ1v) is 9.17. The lowest BCUT2D eigenvalue weighted by Gasteiger charge is -2.35. The summed E-state index contributed by atoms with van der Waals surface area (Å²) in [6, 6.07) is 7.91. The quantitative estimate of drug-likeness (QED) is 0.827. The second-order valence-electron chi connectivity index (χ2n) is 7.06. The van der Waals surface area contributed by atoms with Gasteiger partial charge in [-0.3, -0.25) is 4.90 Å². The number of fused-ring (bicyclic) bond motifs is 1. The standard InChI is InChI=1S/C19H27NO4/c1-2-4-19-18(3-1)23-14-17(24-19)11-20-8-5-16(6-9-20)22-13-15-7-10-21-12-15/h1-4,15-17H,5-14H2. The molecule has 0 saturated carbocycles. The van der Waals surface area contributed by atoms with Gasteiger partial charge in [0.1, 0.15) is 12.7 Å². The Kier molecular flexibility index (Phi) is 5.21. The fourth-order valence-corrected chi connectivity index (χ4v) is 3.69. The highest BCUT2D eigenvalue weighted by Gasteiger charge is 2.27. The summed E-state index contributed by atoms with van der Waals surface area (Å²) in [4.78, 5) is 2.47. The molecule has 3 aliphatic rings. The molecule has 3 heterocycles. The van der Waals surface area contributed by atoms with Crippen LogP contribution in [-0.4, -0.2) is 63.2 Å².